The lowest BCUT2D eigenvalue weighted by atomic mass is 9.79. The van der Waals surface area contributed by atoms with Gasteiger partial charge in [-0.2, -0.15) is 5.26 Å². The number of thiophene rings is 1. The second-order valence-electron chi connectivity index (χ2n) is 8.61. The zero-order chi connectivity index (χ0) is 18.5. The first-order valence-electron chi connectivity index (χ1n) is 9.03. The van der Waals surface area contributed by atoms with Gasteiger partial charge in [0.1, 0.15) is 5.82 Å². The molecule has 2 N–H and O–H groups in total. The summed E-state index contributed by atoms with van der Waals surface area (Å²) in [6, 6.07) is 10.5. The first-order chi connectivity index (χ1) is 12.3. The van der Waals surface area contributed by atoms with E-state index in [1.807, 2.05) is 18.2 Å². The number of nitriles is 1. The maximum atomic E-state index is 9.22. The van der Waals surface area contributed by atoms with Crippen molar-refractivity contribution in [1.82, 2.24) is 10.3 Å². The van der Waals surface area contributed by atoms with Gasteiger partial charge in [0.15, 0.2) is 0 Å². The minimum absolute atomic E-state index is 0.0814. The Morgan fingerprint density at radius 1 is 1.15 bits per heavy atom. The van der Waals surface area contributed by atoms with Crippen molar-refractivity contribution in [3.8, 4) is 6.07 Å². The van der Waals surface area contributed by atoms with Crippen molar-refractivity contribution in [1.29, 1.82) is 5.26 Å². The van der Waals surface area contributed by atoms with Crippen molar-refractivity contribution < 1.29 is 0 Å². The van der Waals surface area contributed by atoms with Gasteiger partial charge in [-0.1, -0.05) is 6.07 Å². The summed E-state index contributed by atoms with van der Waals surface area (Å²) in [5.41, 5.74) is 1.70. The summed E-state index contributed by atoms with van der Waals surface area (Å²) in [7, 11) is 0. The topological polar surface area (TPSA) is 60.7 Å². The number of hydrogen-bond acceptors (Lipinski definition) is 5. The third-order valence-corrected chi connectivity index (χ3v) is 6.00. The van der Waals surface area contributed by atoms with E-state index in [2.05, 4.69) is 55.8 Å². The van der Waals surface area contributed by atoms with Crippen molar-refractivity contribution in [2.24, 2.45) is 0 Å². The second-order valence-corrected chi connectivity index (χ2v) is 9.53. The van der Waals surface area contributed by atoms with E-state index in [1.165, 1.54) is 10.1 Å². The molecule has 0 radical (unpaired) electrons. The molecule has 1 saturated heterocycles. The average Bonchev–Trinajstić information content (AvgIpc) is 3.01. The molecule has 1 fully saturated rings. The summed E-state index contributed by atoms with van der Waals surface area (Å²) >= 11 is 1.73. The molecule has 1 aromatic carbocycles. The Morgan fingerprint density at radius 2 is 1.88 bits per heavy atom. The zero-order valence-electron chi connectivity index (χ0n) is 15.7. The number of hydrogen-bond donors (Lipinski definition) is 2. The molecule has 0 aliphatic carbocycles. The van der Waals surface area contributed by atoms with E-state index in [0.29, 0.717) is 11.6 Å². The molecule has 0 saturated carbocycles. The molecular formula is C21H24N4S. The molecule has 0 spiro atoms. The lowest BCUT2D eigenvalue weighted by Gasteiger charge is -2.46. The number of nitrogens with zero attached hydrogens (tertiary/aromatic N) is 2. The summed E-state index contributed by atoms with van der Waals surface area (Å²) in [6.45, 7) is 9.04. The molecule has 4 rings (SSSR count). The van der Waals surface area contributed by atoms with E-state index in [1.54, 1.807) is 11.3 Å². The van der Waals surface area contributed by atoms with Gasteiger partial charge in [-0.05, 0) is 64.1 Å². The van der Waals surface area contributed by atoms with Crippen LogP contribution < -0.4 is 10.6 Å². The predicted octanol–water partition coefficient (Wildman–Crippen LogP) is 5.04. The van der Waals surface area contributed by atoms with Gasteiger partial charge in [-0.3, -0.25) is 0 Å². The highest BCUT2D eigenvalue weighted by molar-refractivity contribution is 7.18. The van der Waals surface area contributed by atoms with E-state index in [9.17, 15) is 5.26 Å². The van der Waals surface area contributed by atoms with Gasteiger partial charge in [0.25, 0.3) is 0 Å². The predicted molar refractivity (Wildman–Crippen MR) is 110 cm³/mol. The minimum atomic E-state index is 0.0814. The molecule has 5 heteroatoms. The minimum Gasteiger partial charge on any atom is -0.367 e. The number of aromatic nitrogens is 1. The normalized spacial score (nSPS) is 19.5. The summed E-state index contributed by atoms with van der Waals surface area (Å²) in [6.07, 6.45) is 2.08. The van der Waals surface area contributed by atoms with Crippen LogP contribution in [-0.4, -0.2) is 22.1 Å². The number of fused-ring (bicyclic) bond motifs is 3. The molecule has 0 unspecified atom stereocenters. The summed E-state index contributed by atoms with van der Waals surface area (Å²) in [5, 5.41) is 21.1. The van der Waals surface area contributed by atoms with E-state index >= 15 is 0 Å². The fraction of sp³-hybridized carbons (Fsp3) is 0.429. The quantitative estimate of drug-likeness (QED) is 0.668. The average molecular weight is 365 g/mol. The maximum absolute atomic E-state index is 9.22. The van der Waals surface area contributed by atoms with Crippen LogP contribution in [0.5, 0.6) is 0 Å². The third kappa shape index (κ3) is 3.15. The monoisotopic (exact) mass is 364 g/mol. The molecule has 2 aromatic heterocycles. The van der Waals surface area contributed by atoms with Crippen LogP contribution in [0, 0.1) is 11.3 Å². The zero-order valence-corrected chi connectivity index (χ0v) is 16.5. The highest BCUT2D eigenvalue weighted by atomic mass is 32.1. The fourth-order valence-corrected chi connectivity index (χ4v) is 5.43. The van der Waals surface area contributed by atoms with Gasteiger partial charge >= 0.3 is 0 Å². The number of piperidine rings is 1. The van der Waals surface area contributed by atoms with Crippen molar-refractivity contribution in [2.75, 3.05) is 5.32 Å². The Bertz CT molecular complexity index is 1010. The summed E-state index contributed by atoms with van der Waals surface area (Å²) in [5.74, 6) is 0.933. The smallest absolute Gasteiger partial charge is 0.135 e. The second kappa shape index (κ2) is 5.94. The summed E-state index contributed by atoms with van der Waals surface area (Å²) < 4.78 is 1.23. The molecular weight excluding hydrogens is 340 g/mol. The largest absolute Gasteiger partial charge is 0.367 e. The number of rotatable bonds is 2. The molecule has 0 atom stereocenters. The summed E-state index contributed by atoms with van der Waals surface area (Å²) in [4.78, 5) is 4.90. The molecule has 26 heavy (non-hydrogen) atoms. The lowest BCUT2D eigenvalue weighted by Crippen LogP contribution is -2.60. The standard InChI is InChI=1S/C21H24N4S/c1-20(2)10-14(11-21(3,4)25-20)23-19-16-7-8-26-18(16)15-6-5-13(12-22)9-17(15)24-19/h5-9,14,25H,10-11H2,1-4H3,(H,23,24). The van der Waals surface area contributed by atoms with Crippen LogP contribution >= 0.6 is 11.3 Å². The van der Waals surface area contributed by atoms with Crippen LogP contribution in [0.2, 0.25) is 0 Å². The fourth-order valence-electron chi connectivity index (χ4n) is 4.50. The van der Waals surface area contributed by atoms with Crippen LogP contribution in [0.1, 0.15) is 46.1 Å². The van der Waals surface area contributed by atoms with Crippen molar-refractivity contribution in [3.05, 3.63) is 35.2 Å². The van der Waals surface area contributed by atoms with Gasteiger partial charge in [0.2, 0.25) is 0 Å². The SMILES string of the molecule is CC1(C)CC(Nc2nc3cc(C#N)ccc3c3sccc23)CC(C)(C)N1. The van der Waals surface area contributed by atoms with E-state index in [-0.39, 0.29) is 11.1 Å². The van der Waals surface area contributed by atoms with Gasteiger partial charge in [0.05, 0.1) is 17.1 Å². The lowest BCUT2D eigenvalue weighted by molar-refractivity contribution is 0.170. The maximum Gasteiger partial charge on any atom is 0.135 e. The highest BCUT2D eigenvalue weighted by Gasteiger charge is 2.37. The van der Waals surface area contributed by atoms with E-state index < -0.39 is 0 Å². The number of pyridine rings is 1. The molecule has 4 nitrogen and oxygen atoms in total. The van der Waals surface area contributed by atoms with Gasteiger partial charge < -0.3 is 10.6 Å². The molecule has 134 valence electrons. The number of benzene rings is 1. The van der Waals surface area contributed by atoms with E-state index in [4.69, 9.17) is 4.98 Å². The first-order valence-corrected chi connectivity index (χ1v) is 9.91. The number of anilines is 1. The van der Waals surface area contributed by atoms with Crippen LogP contribution in [0.3, 0.4) is 0 Å². The Balaban J connectivity index is 1.78. The Morgan fingerprint density at radius 3 is 2.58 bits per heavy atom. The van der Waals surface area contributed by atoms with Gasteiger partial charge in [-0.25, -0.2) is 4.98 Å². The van der Waals surface area contributed by atoms with Crippen LogP contribution in [0.15, 0.2) is 29.6 Å². The number of nitrogens with one attached hydrogen (secondary N) is 2. The van der Waals surface area contributed by atoms with E-state index in [0.717, 1.165) is 29.6 Å². The molecule has 1 aliphatic heterocycles. The van der Waals surface area contributed by atoms with Crippen LogP contribution in [0.4, 0.5) is 5.82 Å². The molecule has 3 heterocycles. The van der Waals surface area contributed by atoms with Gasteiger partial charge in [-0.15, -0.1) is 11.3 Å². The molecule has 0 bridgehead atoms. The van der Waals surface area contributed by atoms with Crippen LogP contribution in [0.25, 0.3) is 21.0 Å². The Hall–Kier alpha value is -2.16. The Kier molecular flexibility index (Phi) is 3.94. The first kappa shape index (κ1) is 17.3. The van der Waals surface area contributed by atoms with Crippen molar-refractivity contribution in [3.63, 3.8) is 0 Å². The molecule has 3 aromatic rings. The molecule has 0 amide bonds. The third-order valence-electron chi connectivity index (χ3n) is 5.06. The molecule has 1 aliphatic rings. The Labute approximate surface area is 158 Å². The van der Waals surface area contributed by atoms with Crippen LogP contribution in [-0.2, 0) is 0 Å². The van der Waals surface area contributed by atoms with Gasteiger partial charge in [0, 0.05) is 32.6 Å². The van der Waals surface area contributed by atoms with Crippen molar-refractivity contribution in [2.45, 2.75) is 57.7 Å². The van der Waals surface area contributed by atoms with Crippen molar-refractivity contribution >= 4 is 38.1 Å². The highest BCUT2D eigenvalue weighted by Crippen LogP contribution is 2.36.